The maximum absolute atomic E-state index is 12.5. The summed E-state index contributed by atoms with van der Waals surface area (Å²) in [5.41, 5.74) is -0.399. The Kier molecular flexibility index (Phi) is 5.46. The van der Waals surface area contributed by atoms with Crippen LogP contribution in [0.25, 0.3) is 0 Å². The number of methoxy groups -OCH3 is 1. The maximum atomic E-state index is 12.5. The number of sulfonamides is 1. The van der Waals surface area contributed by atoms with Crippen LogP contribution in [0.1, 0.15) is 26.7 Å². The molecule has 0 aromatic heterocycles. The van der Waals surface area contributed by atoms with Crippen molar-refractivity contribution in [2.45, 2.75) is 37.6 Å². The van der Waals surface area contributed by atoms with E-state index in [0.717, 1.165) is 25.5 Å². The lowest BCUT2D eigenvalue weighted by Gasteiger charge is -2.39. The smallest absolute Gasteiger partial charge is 0.312 e. The number of hydrogen-bond acceptors (Lipinski definition) is 6. The van der Waals surface area contributed by atoms with Gasteiger partial charge in [0, 0.05) is 18.7 Å². The molecule has 1 saturated heterocycles. The van der Waals surface area contributed by atoms with Crippen LogP contribution in [0.2, 0.25) is 0 Å². The highest BCUT2D eigenvalue weighted by Gasteiger charge is 2.33. The lowest BCUT2D eigenvalue weighted by molar-refractivity contribution is -0.386. The Morgan fingerprint density at radius 1 is 1.46 bits per heavy atom. The molecule has 1 aromatic rings. The molecule has 1 aromatic carbocycles. The highest BCUT2D eigenvalue weighted by atomic mass is 32.2. The standard InChI is InChI=1S/C15H23N3O5S/c1-15(2)7-4-8-16-14(15)10-17-24(21,22)11-5-6-13(23-3)12(9-11)18(19)20/h5-6,9,14,16-17H,4,7-8,10H2,1-3H3. The molecule has 9 heteroatoms. The zero-order valence-electron chi connectivity index (χ0n) is 14.0. The van der Waals surface area contributed by atoms with Crippen LogP contribution < -0.4 is 14.8 Å². The van der Waals surface area contributed by atoms with Crippen LogP contribution in [0.15, 0.2) is 23.1 Å². The first kappa shape index (κ1) is 18.6. The van der Waals surface area contributed by atoms with Crippen LogP contribution in [0.5, 0.6) is 5.75 Å². The monoisotopic (exact) mass is 357 g/mol. The third kappa shape index (κ3) is 4.03. The number of nitro groups is 1. The molecule has 1 aliphatic heterocycles. The van der Waals surface area contributed by atoms with Crippen molar-refractivity contribution >= 4 is 15.7 Å². The molecular weight excluding hydrogens is 334 g/mol. The van der Waals surface area contributed by atoms with Crippen molar-refractivity contribution < 1.29 is 18.1 Å². The van der Waals surface area contributed by atoms with E-state index in [-0.39, 0.29) is 34.3 Å². The largest absolute Gasteiger partial charge is 0.490 e. The molecule has 1 fully saturated rings. The molecule has 1 unspecified atom stereocenters. The first-order valence-electron chi connectivity index (χ1n) is 7.73. The number of benzene rings is 1. The number of hydrogen-bond donors (Lipinski definition) is 2. The molecular formula is C15H23N3O5S. The Morgan fingerprint density at radius 3 is 2.75 bits per heavy atom. The van der Waals surface area contributed by atoms with Crippen LogP contribution in [0.3, 0.4) is 0 Å². The van der Waals surface area contributed by atoms with Crippen LogP contribution in [0, 0.1) is 15.5 Å². The zero-order valence-corrected chi connectivity index (χ0v) is 14.9. The van der Waals surface area contributed by atoms with E-state index in [1.807, 2.05) is 0 Å². The lowest BCUT2D eigenvalue weighted by Crippen LogP contribution is -2.52. The highest BCUT2D eigenvalue weighted by molar-refractivity contribution is 7.89. The number of nitro benzene ring substituents is 1. The molecule has 2 N–H and O–H groups in total. The molecule has 2 rings (SSSR count). The fraction of sp³-hybridized carbons (Fsp3) is 0.600. The molecule has 1 atom stereocenters. The van der Waals surface area contributed by atoms with Crippen molar-refractivity contribution in [1.82, 2.24) is 10.0 Å². The van der Waals surface area contributed by atoms with Gasteiger partial charge in [-0.15, -0.1) is 0 Å². The van der Waals surface area contributed by atoms with E-state index >= 15 is 0 Å². The molecule has 0 spiro atoms. The number of nitrogens with zero attached hydrogens (tertiary/aromatic N) is 1. The van der Waals surface area contributed by atoms with Gasteiger partial charge in [0.2, 0.25) is 10.0 Å². The number of ether oxygens (including phenoxy) is 1. The van der Waals surface area contributed by atoms with Crippen LogP contribution >= 0.6 is 0 Å². The zero-order chi connectivity index (χ0) is 18.0. The van der Waals surface area contributed by atoms with Crippen molar-refractivity contribution in [3.8, 4) is 5.75 Å². The minimum absolute atomic E-state index is 0.00857. The van der Waals surface area contributed by atoms with E-state index < -0.39 is 14.9 Å². The Labute approximate surface area is 141 Å². The molecule has 0 radical (unpaired) electrons. The van der Waals surface area contributed by atoms with E-state index in [1.165, 1.54) is 19.2 Å². The fourth-order valence-corrected chi connectivity index (χ4v) is 3.94. The first-order valence-corrected chi connectivity index (χ1v) is 9.21. The molecule has 0 amide bonds. The SMILES string of the molecule is COc1ccc(S(=O)(=O)NCC2NCCCC2(C)C)cc1[N+](=O)[O-]. The fourth-order valence-electron chi connectivity index (χ4n) is 2.88. The van der Waals surface area contributed by atoms with E-state index in [1.54, 1.807) is 0 Å². The Hall–Kier alpha value is -1.71. The molecule has 134 valence electrons. The molecule has 0 bridgehead atoms. The lowest BCUT2D eigenvalue weighted by atomic mass is 9.78. The summed E-state index contributed by atoms with van der Waals surface area (Å²) in [4.78, 5) is 10.2. The van der Waals surface area contributed by atoms with E-state index in [9.17, 15) is 18.5 Å². The van der Waals surface area contributed by atoms with Gasteiger partial charge in [-0.3, -0.25) is 10.1 Å². The molecule has 24 heavy (non-hydrogen) atoms. The van der Waals surface area contributed by atoms with Gasteiger partial charge < -0.3 is 10.1 Å². The average molecular weight is 357 g/mol. The first-order chi connectivity index (χ1) is 11.2. The van der Waals surface area contributed by atoms with Crippen molar-refractivity contribution in [3.05, 3.63) is 28.3 Å². The topological polar surface area (TPSA) is 111 Å². The predicted molar refractivity (Wildman–Crippen MR) is 89.6 cm³/mol. The van der Waals surface area contributed by atoms with Gasteiger partial charge in [-0.2, -0.15) is 0 Å². The summed E-state index contributed by atoms with van der Waals surface area (Å²) in [7, 11) is -2.54. The second-order valence-corrected chi connectivity index (χ2v) is 8.31. The quantitative estimate of drug-likeness (QED) is 0.592. The number of piperidine rings is 1. The summed E-state index contributed by atoms with van der Waals surface area (Å²) in [6, 6.07) is 3.61. The second-order valence-electron chi connectivity index (χ2n) is 6.54. The van der Waals surface area contributed by atoms with Gasteiger partial charge in [0.1, 0.15) is 0 Å². The summed E-state index contributed by atoms with van der Waals surface area (Å²) < 4.78 is 32.4. The van der Waals surface area contributed by atoms with Crippen molar-refractivity contribution in [2.75, 3.05) is 20.2 Å². The second kappa shape index (κ2) is 7.04. The van der Waals surface area contributed by atoms with Gasteiger partial charge in [-0.05, 0) is 36.9 Å². The maximum Gasteiger partial charge on any atom is 0.312 e. The normalized spacial score (nSPS) is 20.5. The highest BCUT2D eigenvalue weighted by Crippen LogP contribution is 2.31. The van der Waals surface area contributed by atoms with E-state index in [0.29, 0.717) is 0 Å². The van der Waals surface area contributed by atoms with Crippen LogP contribution in [-0.4, -0.2) is 39.6 Å². The number of rotatable bonds is 6. The minimum Gasteiger partial charge on any atom is -0.490 e. The molecule has 1 aliphatic rings. The molecule has 8 nitrogen and oxygen atoms in total. The molecule has 0 saturated carbocycles. The van der Waals surface area contributed by atoms with Gasteiger partial charge in [-0.1, -0.05) is 13.8 Å². The summed E-state index contributed by atoms with van der Waals surface area (Å²) in [5.74, 6) is 0.0223. The van der Waals surface area contributed by atoms with Crippen LogP contribution in [-0.2, 0) is 10.0 Å². The Bertz CT molecular complexity index is 718. The molecule has 1 heterocycles. The van der Waals surface area contributed by atoms with E-state index in [4.69, 9.17) is 4.74 Å². The molecule has 0 aliphatic carbocycles. The third-order valence-electron chi connectivity index (χ3n) is 4.47. The van der Waals surface area contributed by atoms with E-state index in [2.05, 4.69) is 23.9 Å². The Balaban J connectivity index is 2.18. The summed E-state index contributed by atoms with van der Waals surface area (Å²) >= 11 is 0. The van der Waals surface area contributed by atoms with Gasteiger partial charge in [0.05, 0.1) is 16.9 Å². The average Bonchev–Trinajstić information content (AvgIpc) is 2.52. The third-order valence-corrected chi connectivity index (χ3v) is 5.89. The van der Waals surface area contributed by atoms with Gasteiger partial charge in [0.15, 0.2) is 5.75 Å². The Morgan fingerprint density at radius 2 is 2.17 bits per heavy atom. The predicted octanol–water partition coefficient (Wildman–Crippen LogP) is 1.66. The number of nitrogens with one attached hydrogen (secondary N) is 2. The van der Waals surface area contributed by atoms with Crippen LogP contribution in [0.4, 0.5) is 5.69 Å². The summed E-state index contributed by atoms with van der Waals surface area (Å²) in [6.07, 6.45) is 2.07. The summed E-state index contributed by atoms with van der Waals surface area (Å²) in [5, 5.41) is 14.4. The summed E-state index contributed by atoms with van der Waals surface area (Å²) in [6.45, 7) is 5.27. The minimum atomic E-state index is -3.84. The van der Waals surface area contributed by atoms with Gasteiger partial charge >= 0.3 is 5.69 Å². The van der Waals surface area contributed by atoms with Gasteiger partial charge in [0.25, 0.3) is 0 Å². The van der Waals surface area contributed by atoms with Crippen molar-refractivity contribution in [3.63, 3.8) is 0 Å². The van der Waals surface area contributed by atoms with Crippen molar-refractivity contribution in [1.29, 1.82) is 0 Å². The van der Waals surface area contributed by atoms with Gasteiger partial charge in [-0.25, -0.2) is 13.1 Å². The van der Waals surface area contributed by atoms with Crippen molar-refractivity contribution in [2.24, 2.45) is 5.41 Å².